The first-order valence-electron chi connectivity index (χ1n) is 16.6. The van der Waals surface area contributed by atoms with E-state index >= 15 is 0 Å². The molecule has 8 nitrogen and oxygen atoms in total. The lowest BCUT2D eigenvalue weighted by Crippen LogP contribution is -2.46. The third kappa shape index (κ3) is 4.18. The third-order valence-electron chi connectivity index (χ3n) is 10.9. The molecule has 0 fully saturated rings. The molecular weight excluding hydrogens is 607 g/mol. The minimum Gasteiger partial charge on any atom is -0.445 e. The number of oxazole rings is 2. The lowest BCUT2D eigenvalue weighted by Gasteiger charge is -2.47. The molecule has 0 spiro atoms. The zero-order valence-corrected chi connectivity index (χ0v) is 28.2. The molecule has 2 unspecified atom stereocenters. The summed E-state index contributed by atoms with van der Waals surface area (Å²) in [7, 11) is 0. The second kappa shape index (κ2) is 10.1. The fraction of sp³-hybridized carbons (Fsp3) is 0.385. The number of carbonyl (C=O) groups excluding carboxylic acids is 2. The van der Waals surface area contributed by atoms with E-state index in [0.29, 0.717) is 65.5 Å². The Morgan fingerprint density at radius 1 is 0.812 bits per heavy atom. The Balaban J connectivity index is 1.31. The van der Waals surface area contributed by atoms with Crippen LogP contribution in [0.3, 0.4) is 0 Å². The van der Waals surface area contributed by atoms with Crippen molar-refractivity contribution in [3.8, 4) is 0 Å². The largest absolute Gasteiger partial charge is 0.445 e. The minimum atomic E-state index is -0.990. The normalized spacial score (nSPS) is 25.7. The Morgan fingerprint density at radius 3 is 2.19 bits per heavy atom. The first-order valence-corrected chi connectivity index (χ1v) is 16.6. The number of anilines is 3. The minimum absolute atomic E-state index is 0.0225. The fourth-order valence-corrected chi connectivity index (χ4v) is 8.92. The Morgan fingerprint density at radius 2 is 1.48 bits per heavy atom. The Bertz CT molecular complexity index is 2080. The molecule has 4 aliphatic rings. The predicted molar refractivity (Wildman–Crippen MR) is 179 cm³/mol. The molecule has 2 atom stereocenters. The van der Waals surface area contributed by atoms with Crippen molar-refractivity contribution >= 4 is 28.9 Å². The number of allylic oxidation sites excluding steroid dienone is 4. The van der Waals surface area contributed by atoms with Crippen LogP contribution in [0.15, 0.2) is 92.7 Å². The van der Waals surface area contributed by atoms with Crippen LogP contribution in [0.25, 0.3) is 0 Å². The highest BCUT2D eigenvalue weighted by Gasteiger charge is 2.55. The summed E-state index contributed by atoms with van der Waals surface area (Å²) in [5.41, 5.74) is 3.11. The van der Waals surface area contributed by atoms with E-state index in [4.69, 9.17) is 13.8 Å². The van der Waals surface area contributed by atoms with Crippen LogP contribution in [0.2, 0.25) is 0 Å². The molecule has 0 radical (unpaired) electrons. The zero-order valence-electron chi connectivity index (χ0n) is 28.2. The highest BCUT2D eigenvalue weighted by Crippen LogP contribution is 2.58. The molecule has 0 saturated heterocycles. The van der Waals surface area contributed by atoms with Gasteiger partial charge >= 0.3 is 0 Å². The summed E-state index contributed by atoms with van der Waals surface area (Å²) in [4.78, 5) is 39.3. The molecule has 2 aromatic carbocycles. The smallest absolute Gasteiger partial charge is 0.183 e. The molecule has 0 bridgehead atoms. The Kier molecular flexibility index (Phi) is 6.43. The number of Topliss-reactive ketones (excluding diaryl/α,β-unsaturated/α-hetero) is 2. The summed E-state index contributed by atoms with van der Waals surface area (Å²) >= 11 is 0. The molecule has 9 heteroatoms. The predicted octanol–water partition coefficient (Wildman–Crippen LogP) is 8.67. The van der Waals surface area contributed by atoms with Crippen molar-refractivity contribution in [1.82, 2.24) is 9.97 Å². The van der Waals surface area contributed by atoms with Gasteiger partial charge in [0.25, 0.3) is 0 Å². The lowest BCUT2D eigenvalue weighted by atomic mass is 9.61. The number of hydrogen-bond donors (Lipinski definition) is 1. The number of carbonyl (C=O) groups is 2. The average Bonchev–Trinajstić information content (AvgIpc) is 3.69. The number of nitrogens with zero attached hydrogens (tertiary/aromatic N) is 3. The summed E-state index contributed by atoms with van der Waals surface area (Å²) in [5.74, 6) is 2.08. The Hall–Kier alpha value is -4.79. The van der Waals surface area contributed by atoms with Gasteiger partial charge in [0.05, 0.1) is 10.8 Å². The first-order chi connectivity index (χ1) is 22.8. The van der Waals surface area contributed by atoms with Crippen LogP contribution in [0.5, 0.6) is 0 Å². The molecule has 0 saturated carbocycles. The van der Waals surface area contributed by atoms with Gasteiger partial charge in [-0.15, -0.1) is 0 Å². The number of hydrogen-bond acceptors (Lipinski definition) is 8. The van der Waals surface area contributed by atoms with Gasteiger partial charge in [0.1, 0.15) is 5.82 Å². The molecular formula is C39H39FN4O4. The summed E-state index contributed by atoms with van der Waals surface area (Å²) in [6, 6.07) is 14.5. The quantitative estimate of drug-likeness (QED) is 0.235. The molecule has 8 rings (SSSR count). The van der Waals surface area contributed by atoms with Gasteiger partial charge in [-0.25, -0.2) is 4.39 Å². The van der Waals surface area contributed by atoms with Crippen LogP contribution in [-0.4, -0.2) is 21.5 Å². The van der Waals surface area contributed by atoms with Crippen molar-refractivity contribution in [3.63, 3.8) is 0 Å². The van der Waals surface area contributed by atoms with E-state index in [1.165, 1.54) is 24.9 Å². The number of benzene rings is 2. The van der Waals surface area contributed by atoms with Crippen molar-refractivity contribution < 1.29 is 22.8 Å². The van der Waals surface area contributed by atoms with Crippen molar-refractivity contribution in [3.05, 3.63) is 112 Å². The van der Waals surface area contributed by atoms with E-state index < -0.39 is 10.8 Å². The van der Waals surface area contributed by atoms with Gasteiger partial charge in [-0.2, -0.15) is 9.97 Å². The number of ketones is 2. The number of halogens is 1. The van der Waals surface area contributed by atoms with Gasteiger partial charge in [0, 0.05) is 41.1 Å². The number of fused-ring (bicyclic) bond motifs is 2. The van der Waals surface area contributed by atoms with Gasteiger partial charge in [-0.05, 0) is 72.4 Å². The standard InChI is InChI=1S/C39H39FN4O4/c1-7-39(23-9-8-10-24(40)15-23)31-27(17-37(4,5)19-29(31)46)44(35-33(39)48-21-42-35)25-13-11-22(12-14-25)38(6)30-26(16-36(2,3)18-28(30)45)43-34-32(38)47-20-41-34/h8-15,20-21,43H,7,16-19H2,1-6H3. The van der Waals surface area contributed by atoms with Crippen molar-refractivity contribution in [2.24, 2.45) is 10.8 Å². The summed E-state index contributed by atoms with van der Waals surface area (Å²) in [5, 5.41) is 3.40. The number of aromatic nitrogens is 2. The van der Waals surface area contributed by atoms with E-state index in [2.05, 4.69) is 38.0 Å². The molecule has 246 valence electrons. The zero-order chi connectivity index (χ0) is 33.8. The van der Waals surface area contributed by atoms with Crippen molar-refractivity contribution in [1.29, 1.82) is 0 Å². The molecule has 2 aliphatic heterocycles. The number of rotatable bonds is 4. The molecule has 2 aromatic heterocycles. The van der Waals surface area contributed by atoms with E-state index in [1.54, 1.807) is 6.07 Å². The van der Waals surface area contributed by atoms with Gasteiger partial charge in [-0.3, -0.25) is 14.5 Å². The van der Waals surface area contributed by atoms with Crippen LogP contribution in [0.4, 0.5) is 21.7 Å². The van der Waals surface area contributed by atoms with Crippen molar-refractivity contribution in [2.75, 3.05) is 10.2 Å². The monoisotopic (exact) mass is 646 g/mol. The summed E-state index contributed by atoms with van der Waals surface area (Å²) < 4.78 is 26.9. The third-order valence-corrected chi connectivity index (χ3v) is 10.9. The summed E-state index contributed by atoms with van der Waals surface area (Å²) in [6.07, 6.45) is 5.48. The average molecular weight is 647 g/mol. The van der Waals surface area contributed by atoms with E-state index in [-0.39, 0.29) is 28.2 Å². The molecule has 0 amide bonds. The van der Waals surface area contributed by atoms with Crippen LogP contribution in [0.1, 0.15) is 96.3 Å². The Labute approximate surface area is 279 Å². The maximum absolute atomic E-state index is 14.8. The van der Waals surface area contributed by atoms with Crippen molar-refractivity contribution in [2.45, 2.75) is 84.5 Å². The number of nitrogens with one attached hydrogen (secondary N) is 1. The van der Waals surface area contributed by atoms with Gasteiger partial charge < -0.3 is 14.2 Å². The molecule has 2 aliphatic carbocycles. The molecule has 4 aromatic rings. The highest BCUT2D eigenvalue weighted by atomic mass is 19.1. The van der Waals surface area contributed by atoms with Crippen LogP contribution >= 0.6 is 0 Å². The van der Waals surface area contributed by atoms with Crippen LogP contribution in [-0.2, 0) is 20.4 Å². The van der Waals surface area contributed by atoms with Gasteiger partial charge in [0.15, 0.2) is 47.5 Å². The maximum atomic E-state index is 14.8. The van der Waals surface area contributed by atoms with Crippen LogP contribution in [0, 0.1) is 16.6 Å². The van der Waals surface area contributed by atoms with Gasteiger partial charge in [0.2, 0.25) is 0 Å². The lowest BCUT2D eigenvalue weighted by molar-refractivity contribution is -0.119. The first kappa shape index (κ1) is 30.5. The summed E-state index contributed by atoms with van der Waals surface area (Å²) in [6.45, 7) is 12.5. The highest BCUT2D eigenvalue weighted by molar-refractivity contribution is 6.04. The fourth-order valence-electron chi connectivity index (χ4n) is 8.92. The van der Waals surface area contributed by atoms with E-state index in [1.807, 2.05) is 49.1 Å². The van der Waals surface area contributed by atoms with Gasteiger partial charge in [-0.1, -0.05) is 58.9 Å². The molecule has 1 N–H and O–H groups in total. The molecule has 4 heterocycles. The second-order valence-corrected chi connectivity index (χ2v) is 15.5. The maximum Gasteiger partial charge on any atom is 0.183 e. The molecule has 48 heavy (non-hydrogen) atoms. The topological polar surface area (TPSA) is 101 Å². The van der Waals surface area contributed by atoms with E-state index in [9.17, 15) is 14.0 Å². The second-order valence-electron chi connectivity index (χ2n) is 15.5. The SMILES string of the molecule is CCC1(c2cccc(F)c2)C2=C(CC(C)(C)CC2=O)N(c2ccc(C3(C)C4=C(CC(C)(C)CC4=O)Nc4ncoc43)cc2)c2ncoc21. The van der Waals surface area contributed by atoms with E-state index in [0.717, 1.165) is 29.1 Å². The van der Waals surface area contributed by atoms with Crippen LogP contribution < -0.4 is 10.2 Å².